The van der Waals surface area contributed by atoms with E-state index in [0.29, 0.717) is 30.8 Å². The van der Waals surface area contributed by atoms with Crippen LogP contribution < -0.4 is 10.2 Å². The van der Waals surface area contributed by atoms with Crippen molar-refractivity contribution in [2.24, 2.45) is 0 Å². The van der Waals surface area contributed by atoms with Gasteiger partial charge in [0.05, 0.1) is 11.3 Å². The molecule has 0 spiro atoms. The Morgan fingerprint density at radius 3 is 2.57 bits per heavy atom. The average molecular weight is 405 g/mol. The molecule has 1 N–H and O–H groups in total. The number of benzene rings is 2. The number of nitrogens with one attached hydrogen (secondary N) is 1. The monoisotopic (exact) mass is 405 g/mol. The smallest absolute Gasteiger partial charge is 0.267 e. The summed E-state index contributed by atoms with van der Waals surface area (Å²) in [5.41, 5.74) is 1.83. The van der Waals surface area contributed by atoms with E-state index in [0.717, 1.165) is 24.0 Å². The molecule has 1 saturated heterocycles. The third-order valence-corrected chi connectivity index (χ3v) is 6.05. The minimum atomic E-state index is -1.30. The van der Waals surface area contributed by atoms with Crippen molar-refractivity contribution in [3.8, 4) is 0 Å². The maximum Gasteiger partial charge on any atom is 0.267 e. The predicted molar refractivity (Wildman–Crippen MR) is 115 cm³/mol. The molecular weight excluding hydrogens is 378 g/mol. The number of aryl methyl sites for hydroxylation is 1. The molecule has 2 aliphatic heterocycles. The Kier molecular flexibility index (Phi) is 5.33. The van der Waals surface area contributed by atoms with Gasteiger partial charge in [-0.15, -0.1) is 0 Å². The van der Waals surface area contributed by atoms with Crippen molar-refractivity contribution in [2.75, 3.05) is 11.4 Å². The molecule has 6 nitrogen and oxygen atoms in total. The first-order valence-corrected chi connectivity index (χ1v) is 10.6. The van der Waals surface area contributed by atoms with Gasteiger partial charge in [-0.3, -0.25) is 19.3 Å². The third-order valence-electron chi connectivity index (χ3n) is 6.05. The second kappa shape index (κ2) is 7.94. The molecule has 1 fully saturated rings. The van der Waals surface area contributed by atoms with Crippen molar-refractivity contribution < 1.29 is 14.4 Å². The van der Waals surface area contributed by atoms with Gasteiger partial charge in [0.2, 0.25) is 11.6 Å². The lowest BCUT2D eigenvalue weighted by Crippen LogP contribution is -2.70. The van der Waals surface area contributed by atoms with Crippen LogP contribution in [0.5, 0.6) is 0 Å². The molecule has 1 atom stereocenters. The first-order chi connectivity index (χ1) is 14.5. The van der Waals surface area contributed by atoms with Crippen LogP contribution in [0.3, 0.4) is 0 Å². The van der Waals surface area contributed by atoms with Crippen LogP contribution >= 0.6 is 0 Å². The Morgan fingerprint density at radius 2 is 1.83 bits per heavy atom. The van der Waals surface area contributed by atoms with Crippen LogP contribution in [-0.2, 0) is 16.1 Å². The molecule has 30 heavy (non-hydrogen) atoms. The number of unbranched alkanes of at least 4 members (excludes halogenated alkanes) is 1. The van der Waals surface area contributed by atoms with Gasteiger partial charge < -0.3 is 10.2 Å². The molecule has 0 aliphatic carbocycles. The predicted octanol–water partition coefficient (Wildman–Crippen LogP) is 3.39. The Hall–Kier alpha value is -3.15. The van der Waals surface area contributed by atoms with E-state index in [1.165, 1.54) is 0 Å². The maximum atomic E-state index is 13.6. The van der Waals surface area contributed by atoms with Crippen molar-refractivity contribution >= 4 is 23.4 Å². The first-order valence-electron chi connectivity index (χ1n) is 10.6. The van der Waals surface area contributed by atoms with Gasteiger partial charge in [-0.25, -0.2) is 0 Å². The Labute approximate surface area is 176 Å². The second-order valence-corrected chi connectivity index (χ2v) is 8.04. The molecule has 2 aliphatic rings. The van der Waals surface area contributed by atoms with E-state index in [-0.39, 0.29) is 24.1 Å². The summed E-state index contributed by atoms with van der Waals surface area (Å²) in [6.07, 6.45) is 2.20. The fourth-order valence-corrected chi connectivity index (χ4v) is 4.43. The Balaban J connectivity index is 1.72. The molecule has 2 aromatic rings. The fourth-order valence-electron chi connectivity index (χ4n) is 4.43. The van der Waals surface area contributed by atoms with Crippen molar-refractivity contribution in [3.05, 3.63) is 65.2 Å². The van der Waals surface area contributed by atoms with E-state index in [2.05, 4.69) is 5.32 Å². The standard InChI is InChI=1S/C24H27N3O3/c1-3-4-15-26-22(29)19-7-5-6-8-20(19)27-21(28)13-14-24(26,27)23(30)25-16-18-11-9-17(2)10-12-18/h5-12H,3-4,13-16H2,1-2H3,(H,25,30). The van der Waals surface area contributed by atoms with Gasteiger partial charge in [0, 0.05) is 25.9 Å². The zero-order valence-corrected chi connectivity index (χ0v) is 17.5. The van der Waals surface area contributed by atoms with Crippen LogP contribution in [0.4, 0.5) is 5.69 Å². The summed E-state index contributed by atoms with van der Waals surface area (Å²) in [4.78, 5) is 43.1. The van der Waals surface area contributed by atoms with E-state index < -0.39 is 5.66 Å². The summed E-state index contributed by atoms with van der Waals surface area (Å²) in [5, 5.41) is 3.00. The molecule has 0 bridgehead atoms. The average Bonchev–Trinajstić information content (AvgIpc) is 3.11. The summed E-state index contributed by atoms with van der Waals surface area (Å²) < 4.78 is 0. The van der Waals surface area contributed by atoms with Gasteiger partial charge in [-0.2, -0.15) is 0 Å². The van der Waals surface area contributed by atoms with Crippen LogP contribution in [0.2, 0.25) is 0 Å². The van der Waals surface area contributed by atoms with Gasteiger partial charge in [0.15, 0.2) is 0 Å². The Bertz CT molecular complexity index is 985. The van der Waals surface area contributed by atoms with Crippen LogP contribution in [-0.4, -0.2) is 34.8 Å². The van der Waals surface area contributed by atoms with E-state index in [9.17, 15) is 14.4 Å². The van der Waals surface area contributed by atoms with Gasteiger partial charge in [-0.05, 0) is 31.0 Å². The molecule has 3 amide bonds. The lowest BCUT2D eigenvalue weighted by molar-refractivity contribution is -0.133. The van der Waals surface area contributed by atoms with Crippen molar-refractivity contribution in [1.82, 2.24) is 10.2 Å². The van der Waals surface area contributed by atoms with Gasteiger partial charge >= 0.3 is 0 Å². The normalized spacial score (nSPS) is 20.2. The van der Waals surface area contributed by atoms with E-state index in [4.69, 9.17) is 0 Å². The third kappa shape index (κ3) is 3.16. The highest BCUT2D eigenvalue weighted by Crippen LogP contribution is 2.44. The number of carbonyl (C=O) groups excluding carboxylic acids is 3. The van der Waals surface area contributed by atoms with E-state index in [1.807, 2.05) is 38.1 Å². The Morgan fingerprint density at radius 1 is 1.10 bits per heavy atom. The summed E-state index contributed by atoms with van der Waals surface area (Å²) >= 11 is 0. The summed E-state index contributed by atoms with van der Waals surface area (Å²) in [6.45, 7) is 4.84. The number of para-hydroxylation sites is 1. The zero-order valence-electron chi connectivity index (χ0n) is 17.5. The maximum absolute atomic E-state index is 13.6. The number of hydrogen-bond donors (Lipinski definition) is 1. The van der Waals surface area contributed by atoms with Crippen LogP contribution in [0.1, 0.15) is 54.1 Å². The molecular formula is C24H27N3O3. The lowest BCUT2D eigenvalue weighted by atomic mass is 9.95. The number of anilines is 1. The SMILES string of the molecule is CCCCN1C(=O)c2ccccc2N2C(=O)CCC12C(=O)NCc1ccc(C)cc1. The van der Waals surface area contributed by atoms with Crippen LogP contribution in [0, 0.1) is 6.92 Å². The second-order valence-electron chi connectivity index (χ2n) is 8.04. The summed E-state index contributed by atoms with van der Waals surface area (Å²) in [5.74, 6) is -0.606. The van der Waals surface area contributed by atoms with Gasteiger partial charge in [0.1, 0.15) is 0 Å². The molecule has 2 heterocycles. The highest BCUT2D eigenvalue weighted by molar-refractivity contribution is 6.16. The molecule has 0 saturated carbocycles. The number of rotatable bonds is 6. The highest BCUT2D eigenvalue weighted by atomic mass is 16.2. The van der Waals surface area contributed by atoms with E-state index >= 15 is 0 Å². The number of nitrogens with zero attached hydrogens (tertiary/aromatic N) is 2. The summed E-state index contributed by atoms with van der Waals surface area (Å²) in [7, 11) is 0. The number of carbonyl (C=O) groups is 3. The minimum Gasteiger partial charge on any atom is -0.348 e. The summed E-state index contributed by atoms with van der Waals surface area (Å²) in [6, 6.07) is 15.0. The van der Waals surface area contributed by atoms with Crippen LogP contribution in [0.15, 0.2) is 48.5 Å². The number of amides is 3. The van der Waals surface area contributed by atoms with Gasteiger partial charge in [0.25, 0.3) is 11.8 Å². The van der Waals surface area contributed by atoms with Gasteiger partial charge in [-0.1, -0.05) is 55.3 Å². The topological polar surface area (TPSA) is 69.7 Å². The number of fused-ring (bicyclic) bond motifs is 3. The van der Waals surface area contributed by atoms with Crippen molar-refractivity contribution in [1.29, 1.82) is 0 Å². The van der Waals surface area contributed by atoms with Crippen LogP contribution in [0.25, 0.3) is 0 Å². The minimum absolute atomic E-state index is 0.123. The quantitative estimate of drug-likeness (QED) is 0.801. The number of hydrogen-bond acceptors (Lipinski definition) is 3. The molecule has 0 aromatic heterocycles. The molecule has 0 radical (unpaired) electrons. The molecule has 1 unspecified atom stereocenters. The molecule has 4 rings (SSSR count). The highest BCUT2D eigenvalue weighted by Gasteiger charge is 2.60. The first kappa shape index (κ1) is 20.1. The van der Waals surface area contributed by atoms with Crippen molar-refractivity contribution in [3.63, 3.8) is 0 Å². The largest absolute Gasteiger partial charge is 0.348 e. The molecule has 2 aromatic carbocycles. The lowest BCUT2D eigenvalue weighted by Gasteiger charge is -2.49. The molecule has 156 valence electrons. The fraction of sp³-hybridized carbons (Fsp3) is 0.375. The van der Waals surface area contributed by atoms with E-state index in [1.54, 1.807) is 34.1 Å². The zero-order chi connectivity index (χ0) is 21.3. The molecule has 6 heteroatoms. The van der Waals surface area contributed by atoms with Crippen molar-refractivity contribution in [2.45, 2.75) is 51.7 Å².